The molecule has 0 unspecified atom stereocenters. The quantitative estimate of drug-likeness (QED) is 0.362. The predicted molar refractivity (Wildman–Crippen MR) is 114 cm³/mol. The molecule has 2 aromatic carbocycles. The zero-order chi connectivity index (χ0) is 20.8. The van der Waals surface area contributed by atoms with Crippen LogP contribution >= 0.6 is 11.8 Å². The Morgan fingerprint density at radius 3 is 2.47 bits per heavy atom. The lowest BCUT2D eigenvalue weighted by atomic mass is 10.2. The molecule has 1 N–H and O–H groups in total. The Hall–Kier alpha value is -3.72. The van der Waals surface area contributed by atoms with Gasteiger partial charge < -0.3 is 10.1 Å². The Balaban J connectivity index is 1.66. The maximum atomic E-state index is 12.9. The fourth-order valence-electron chi connectivity index (χ4n) is 2.74. The zero-order valence-corrected chi connectivity index (χ0v) is 16.9. The number of thioether (sulfide) groups is 1. The molecule has 8 nitrogen and oxygen atoms in total. The number of methoxy groups -OCH3 is 1. The van der Waals surface area contributed by atoms with Gasteiger partial charge in [0.25, 0.3) is 5.91 Å². The first kappa shape index (κ1) is 19.6. The molecule has 1 amide bonds. The van der Waals surface area contributed by atoms with E-state index in [2.05, 4.69) is 25.6 Å². The third-order valence-corrected chi connectivity index (χ3v) is 5.09. The van der Waals surface area contributed by atoms with Crippen LogP contribution in [0.5, 0.6) is 5.75 Å². The van der Waals surface area contributed by atoms with Crippen molar-refractivity contribution in [2.75, 3.05) is 12.4 Å². The summed E-state index contributed by atoms with van der Waals surface area (Å²) in [6.45, 7) is 0. The van der Waals surface area contributed by atoms with Crippen molar-refractivity contribution < 1.29 is 9.53 Å². The lowest BCUT2D eigenvalue weighted by Gasteiger charge is -2.09. The molecule has 0 fully saturated rings. The van der Waals surface area contributed by atoms with Gasteiger partial charge in [-0.25, -0.2) is 14.6 Å². The minimum Gasteiger partial charge on any atom is -0.497 e. The van der Waals surface area contributed by atoms with Crippen LogP contribution in [0.4, 0.5) is 5.69 Å². The Morgan fingerprint density at radius 2 is 1.77 bits per heavy atom. The molecule has 4 aromatic rings. The molecule has 30 heavy (non-hydrogen) atoms. The second-order valence-corrected chi connectivity index (χ2v) is 7.08. The Bertz CT molecular complexity index is 1120. The highest BCUT2D eigenvalue weighted by Crippen LogP contribution is 2.24. The molecule has 2 heterocycles. The predicted octanol–water partition coefficient (Wildman–Crippen LogP) is 3.61. The van der Waals surface area contributed by atoms with E-state index in [-0.39, 0.29) is 11.6 Å². The monoisotopic (exact) mass is 418 g/mol. The Morgan fingerprint density at radius 1 is 1.03 bits per heavy atom. The molecule has 0 saturated heterocycles. The first-order chi connectivity index (χ1) is 14.7. The third kappa shape index (κ3) is 4.47. The lowest BCUT2D eigenvalue weighted by molar-refractivity contribution is 0.102. The van der Waals surface area contributed by atoms with Gasteiger partial charge in [0.2, 0.25) is 0 Å². The second kappa shape index (κ2) is 9.19. The van der Waals surface area contributed by atoms with Gasteiger partial charge in [0.1, 0.15) is 5.75 Å². The van der Waals surface area contributed by atoms with E-state index in [4.69, 9.17) is 4.74 Å². The standard InChI is InChI=1S/C21H18N6O2S/c1-29-17-10-8-16(9-11-17)27-18(14-30-21-22-12-5-13-23-21)19(25-26-27)20(28)24-15-6-3-2-4-7-15/h2-13H,14H2,1H3,(H,24,28). The maximum Gasteiger partial charge on any atom is 0.278 e. The van der Waals surface area contributed by atoms with Crippen molar-refractivity contribution in [2.45, 2.75) is 10.9 Å². The summed E-state index contributed by atoms with van der Waals surface area (Å²) in [5.74, 6) is 0.820. The normalized spacial score (nSPS) is 10.6. The molecular formula is C21H18N6O2S. The Labute approximate surface area is 177 Å². The van der Waals surface area contributed by atoms with E-state index in [0.717, 1.165) is 11.4 Å². The van der Waals surface area contributed by atoms with Crippen molar-refractivity contribution in [3.63, 3.8) is 0 Å². The fraction of sp³-hybridized carbons (Fsp3) is 0.0952. The van der Waals surface area contributed by atoms with Gasteiger partial charge in [-0.05, 0) is 42.5 Å². The van der Waals surface area contributed by atoms with E-state index in [1.54, 1.807) is 30.3 Å². The van der Waals surface area contributed by atoms with Crippen LogP contribution in [-0.4, -0.2) is 38.0 Å². The number of para-hydroxylation sites is 1. The summed E-state index contributed by atoms with van der Waals surface area (Å²) in [5.41, 5.74) is 2.35. The zero-order valence-electron chi connectivity index (χ0n) is 16.1. The van der Waals surface area contributed by atoms with Gasteiger partial charge in [-0.2, -0.15) is 0 Å². The fourth-order valence-corrected chi connectivity index (χ4v) is 3.54. The summed E-state index contributed by atoms with van der Waals surface area (Å²) in [7, 11) is 1.61. The van der Waals surface area contributed by atoms with Crippen molar-refractivity contribution in [3.8, 4) is 11.4 Å². The summed E-state index contributed by atoms with van der Waals surface area (Å²) in [6, 6.07) is 18.4. The summed E-state index contributed by atoms with van der Waals surface area (Å²) in [6.07, 6.45) is 3.36. The van der Waals surface area contributed by atoms with E-state index in [0.29, 0.717) is 22.3 Å². The largest absolute Gasteiger partial charge is 0.497 e. The molecule has 2 aromatic heterocycles. The van der Waals surface area contributed by atoms with Gasteiger partial charge >= 0.3 is 0 Å². The van der Waals surface area contributed by atoms with Crippen LogP contribution in [0.25, 0.3) is 5.69 Å². The van der Waals surface area contributed by atoms with Gasteiger partial charge in [0, 0.05) is 23.8 Å². The number of anilines is 1. The second-order valence-electron chi connectivity index (χ2n) is 6.13. The summed E-state index contributed by atoms with van der Waals surface area (Å²) >= 11 is 1.40. The number of amides is 1. The van der Waals surface area contributed by atoms with E-state index in [1.807, 2.05) is 54.6 Å². The minimum absolute atomic E-state index is 0.248. The van der Waals surface area contributed by atoms with Crippen LogP contribution < -0.4 is 10.1 Å². The van der Waals surface area contributed by atoms with Gasteiger partial charge in [-0.15, -0.1) is 5.10 Å². The molecule has 0 saturated carbocycles. The maximum absolute atomic E-state index is 12.9. The number of ether oxygens (including phenoxy) is 1. The van der Waals surface area contributed by atoms with Crippen molar-refractivity contribution in [3.05, 3.63) is 84.4 Å². The molecule has 0 radical (unpaired) electrons. The highest BCUT2D eigenvalue weighted by Gasteiger charge is 2.21. The van der Waals surface area contributed by atoms with E-state index in [9.17, 15) is 4.79 Å². The van der Waals surface area contributed by atoms with E-state index >= 15 is 0 Å². The van der Waals surface area contributed by atoms with Crippen LogP contribution in [0.15, 0.2) is 78.2 Å². The molecule has 4 rings (SSSR count). The number of nitrogens with zero attached hydrogens (tertiary/aromatic N) is 5. The molecule has 0 spiro atoms. The highest BCUT2D eigenvalue weighted by atomic mass is 32.2. The van der Waals surface area contributed by atoms with Crippen LogP contribution in [0.3, 0.4) is 0 Å². The van der Waals surface area contributed by atoms with Crippen LogP contribution in [-0.2, 0) is 5.75 Å². The number of hydrogen-bond donors (Lipinski definition) is 1. The average Bonchev–Trinajstić information content (AvgIpc) is 3.23. The minimum atomic E-state index is -0.328. The summed E-state index contributed by atoms with van der Waals surface area (Å²) < 4.78 is 6.87. The third-order valence-electron chi connectivity index (χ3n) is 4.21. The van der Waals surface area contributed by atoms with E-state index < -0.39 is 0 Å². The van der Waals surface area contributed by atoms with Crippen molar-refractivity contribution >= 4 is 23.4 Å². The number of nitrogens with one attached hydrogen (secondary N) is 1. The van der Waals surface area contributed by atoms with Crippen LogP contribution in [0.2, 0.25) is 0 Å². The van der Waals surface area contributed by atoms with Gasteiger partial charge in [0.05, 0.1) is 18.5 Å². The van der Waals surface area contributed by atoms with E-state index in [1.165, 1.54) is 11.8 Å². The van der Waals surface area contributed by atoms with Crippen LogP contribution in [0, 0.1) is 0 Å². The molecule has 150 valence electrons. The smallest absolute Gasteiger partial charge is 0.278 e. The van der Waals surface area contributed by atoms with Crippen molar-refractivity contribution in [1.82, 2.24) is 25.0 Å². The lowest BCUT2D eigenvalue weighted by Crippen LogP contribution is -2.15. The van der Waals surface area contributed by atoms with Gasteiger partial charge in [-0.1, -0.05) is 35.2 Å². The molecule has 0 aliphatic heterocycles. The van der Waals surface area contributed by atoms with Gasteiger partial charge in [0.15, 0.2) is 10.9 Å². The number of carbonyl (C=O) groups excluding carboxylic acids is 1. The molecular weight excluding hydrogens is 400 g/mol. The van der Waals surface area contributed by atoms with Gasteiger partial charge in [-0.3, -0.25) is 4.79 Å². The number of carbonyl (C=O) groups is 1. The molecule has 0 bridgehead atoms. The molecule has 0 aliphatic rings. The number of aromatic nitrogens is 5. The SMILES string of the molecule is COc1ccc(-n2nnc(C(=O)Nc3ccccc3)c2CSc2ncccn2)cc1. The number of rotatable bonds is 7. The number of benzene rings is 2. The topological polar surface area (TPSA) is 94.8 Å². The first-order valence-electron chi connectivity index (χ1n) is 9.10. The van der Waals surface area contributed by atoms with Crippen molar-refractivity contribution in [2.24, 2.45) is 0 Å². The Kier molecular flexibility index (Phi) is 6.00. The molecule has 0 aliphatic carbocycles. The average molecular weight is 418 g/mol. The van der Waals surface area contributed by atoms with Crippen LogP contribution in [0.1, 0.15) is 16.2 Å². The molecule has 0 atom stereocenters. The summed E-state index contributed by atoms with van der Waals surface area (Å²) in [4.78, 5) is 21.4. The number of hydrogen-bond acceptors (Lipinski definition) is 7. The first-order valence-corrected chi connectivity index (χ1v) is 10.1. The van der Waals surface area contributed by atoms with Crippen molar-refractivity contribution in [1.29, 1.82) is 0 Å². The molecule has 9 heteroatoms. The highest BCUT2D eigenvalue weighted by molar-refractivity contribution is 7.98. The summed E-state index contributed by atoms with van der Waals surface area (Å²) in [5, 5.41) is 11.9.